The zero-order chi connectivity index (χ0) is 11.4. The third-order valence-electron chi connectivity index (χ3n) is 3.65. The van der Waals surface area contributed by atoms with E-state index in [0.717, 1.165) is 30.6 Å². The zero-order valence-corrected chi connectivity index (χ0v) is 10.3. The number of aryl methyl sites for hydroxylation is 1. The highest BCUT2D eigenvalue weighted by Gasteiger charge is 2.20. The minimum atomic E-state index is 0.844. The molecule has 1 aromatic rings. The molecule has 1 heterocycles. The monoisotopic (exact) mass is 222 g/mol. The van der Waals surface area contributed by atoms with Gasteiger partial charge in [-0.3, -0.25) is 4.68 Å². The Morgan fingerprint density at radius 2 is 2.25 bits per heavy atom. The summed E-state index contributed by atoms with van der Waals surface area (Å²) in [5, 5.41) is 11.5. The molecule has 0 saturated heterocycles. The van der Waals surface area contributed by atoms with E-state index < -0.39 is 0 Å². The quantitative estimate of drug-likeness (QED) is 0.843. The average molecular weight is 222 g/mol. The highest BCUT2D eigenvalue weighted by molar-refractivity contribution is 4.91. The molecule has 1 fully saturated rings. The summed E-state index contributed by atoms with van der Waals surface area (Å²) in [5.41, 5.74) is 1.03. The minimum absolute atomic E-state index is 0.844. The maximum Gasteiger partial charge on any atom is 0.0964 e. The Hall–Kier alpha value is -0.900. The van der Waals surface area contributed by atoms with Crippen molar-refractivity contribution in [3.8, 4) is 0 Å². The predicted octanol–water partition coefficient (Wildman–Crippen LogP) is 1.73. The molecule has 1 N–H and O–H groups in total. The molecule has 2 unspecified atom stereocenters. The summed E-state index contributed by atoms with van der Waals surface area (Å²) in [5.74, 6) is 1.73. The van der Waals surface area contributed by atoms with Crippen LogP contribution in [0.4, 0.5) is 0 Å². The van der Waals surface area contributed by atoms with Gasteiger partial charge in [-0.25, -0.2) is 0 Å². The molecule has 2 rings (SSSR count). The summed E-state index contributed by atoms with van der Waals surface area (Å²) in [6.45, 7) is 4.35. The fourth-order valence-electron chi connectivity index (χ4n) is 2.56. The summed E-state index contributed by atoms with van der Waals surface area (Å²) in [6.07, 6.45) is 7.58. The van der Waals surface area contributed by atoms with Gasteiger partial charge in [-0.1, -0.05) is 31.4 Å². The van der Waals surface area contributed by atoms with E-state index in [1.807, 2.05) is 13.2 Å². The van der Waals surface area contributed by atoms with Crippen molar-refractivity contribution < 1.29 is 0 Å². The molecule has 0 spiro atoms. The normalized spacial score (nSPS) is 25.9. The Labute approximate surface area is 97.4 Å². The van der Waals surface area contributed by atoms with Gasteiger partial charge < -0.3 is 5.32 Å². The molecular formula is C12H22N4. The van der Waals surface area contributed by atoms with Crippen LogP contribution in [0.2, 0.25) is 0 Å². The molecule has 1 saturated carbocycles. The predicted molar refractivity (Wildman–Crippen MR) is 63.8 cm³/mol. The maximum atomic E-state index is 4.07. The minimum Gasteiger partial charge on any atom is -0.311 e. The van der Waals surface area contributed by atoms with Gasteiger partial charge >= 0.3 is 0 Å². The van der Waals surface area contributed by atoms with Crippen molar-refractivity contribution in [2.45, 2.75) is 39.2 Å². The van der Waals surface area contributed by atoms with Gasteiger partial charge in [0, 0.05) is 19.8 Å². The van der Waals surface area contributed by atoms with E-state index in [-0.39, 0.29) is 0 Å². The lowest BCUT2D eigenvalue weighted by atomic mass is 9.80. The van der Waals surface area contributed by atoms with Crippen LogP contribution in [0.5, 0.6) is 0 Å². The van der Waals surface area contributed by atoms with Crippen LogP contribution in [0.25, 0.3) is 0 Å². The van der Waals surface area contributed by atoms with Crippen molar-refractivity contribution >= 4 is 0 Å². The van der Waals surface area contributed by atoms with E-state index in [1.54, 1.807) is 4.68 Å². The van der Waals surface area contributed by atoms with Gasteiger partial charge in [-0.15, -0.1) is 5.10 Å². The van der Waals surface area contributed by atoms with Gasteiger partial charge in [-0.05, 0) is 24.8 Å². The van der Waals surface area contributed by atoms with Crippen molar-refractivity contribution in [2.24, 2.45) is 18.9 Å². The summed E-state index contributed by atoms with van der Waals surface area (Å²) in [7, 11) is 1.90. The molecule has 90 valence electrons. The number of nitrogens with zero attached hydrogens (tertiary/aromatic N) is 3. The molecule has 4 heteroatoms. The Balaban J connectivity index is 1.71. The third-order valence-corrected chi connectivity index (χ3v) is 3.65. The van der Waals surface area contributed by atoms with Crippen LogP contribution in [0.3, 0.4) is 0 Å². The summed E-state index contributed by atoms with van der Waals surface area (Å²) in [4.78, 5) is 0. The van der Waals surface area contributed by atoms with Crippen molar-refractivity contribution in [3.05, 3.63) is 11.9 Å². The van der Waals surface area contributed by atoms with E-state index >= 15 is 0 Å². The number of hydrogen-bond donors (Lipinski definition) is 1. The largest absolute Gasteiger partial charge is 0.311 e. The van der Waals surface area contributed by atoms with Crippen molar-refractivity contribution in [3.63, 3.8) is 0 Å². The number of nitrogens with one attached hydrogen (secondary N) is 1. The number of aromatic nitrogens is 3. The molecule has 1 aliphatic rings. The highest BCUT2D eigenvalue weighted by atomic mass is 15.4. The summed E-state index contributed by atoms with van der Waals surface area (Å²) in [6, 6.07) is 0. The second-order valence-corrected chi connectivity index (χ2v) is 5.04. The van der Waals surface area contributed by atoms with E-state index in [9.17, 15) is 0 Å². The number of hydrogen-bond acceptors (Lipinski definition) is 3. The van der Waals surface area contributed by atoms with Crippen molar-refractivity contribution in [1.29, 1.82) is 0 Å². The zero-order valence-electron chi connectivity index (χ0n) is 10.3. The molecule has 0 aliphatic heterocycles. The van der Waals surface area contributed by atoms with Crippen LogP contribution in [-0.2, 0) is 13.6 Å². The molecule has 1 aromatic heterocycles. The molecule has 0 amide bonds. The Bertz CT molecular complexity index is 321. The SMILES string of the molecule is CC1CCCCC1CNCc1cn(C)nn1. The third kappa shape index (κ3) is 3.04. The lowest BCUT2D eigenvalue weighted by Gasteiger charge is -2.28. The van der Waals surface area contributed by atoms with Crippen molar-refractivity contribution in [2.75, 3.05) is 6.54 Å². The molecule has 0 radical (unpaired) electrons. The second kappa shape index (κ2) is 5.43. The van der Waals surface area contributed by atoms with Gasteiger partial charge in [0.25, 0.3) is 0 Å². The molecule has 1 aliphatic carbocycles. The Kier molecular flexibility index (Phi) is 3.93. The van der Waals surface area contributed by atoms with Crippen LogP contribution < -0.4 is 5.32 Å². The first-order valence-electron chi connectivity index (χ1n) is 6.31. The Morgan fingerprint density at radius 3 is 2.94 bits per heavy atom. The van der Waals surface area contributed by atoms with Gasteiger partial charge in [0.1, 0.15) is 0 Å². The molecule has 2 atom stereocenters. The molecular weight excluding hydrogens is 200 g/mol. The second-order valence-electron chi connectivity index (χ2n) is 5.04. The topological polar surface area (TPSA) is 42.7 Å². The fourth-order valence-corrected chi connectivity index (χ4v) is 2.56. The van der Waals surface area contributed by atoms with E-state index in [0.29, 0.717) is 0 Å². The van der Waals surface area contributed by atoms with Gasteiger partial charge in [0.15, 0.2) is 0 Å². The molecule has 4 nitrogen and oxygen atoms in total. The summed E-state index contributed by atoms with van der Waals surface area (Å²) >= 11 is 0. The lowest BCUT2D eigenvalue weighted by molar-refractivity contribution is 0.247. The number of rotatable bonds is 4. The first-order chi connectivity index (χ1) is 7.75. The fraction of sp³-hybridized carbons (Fsp3) is 0.833. The summed E-state index contributed by atoms with van der Waals surface area (Å²) < 4.78 is 1.75. The van der Waals surface area contributed by atoms with E-state index in [1.165, 1.54) is 25.7 Å². The lowest BCUT2D eigenvalue weighted by Crippen LogP contribution is -2.29. The van der Waals surface area contributed by atoms with Crippen LogP contribution in [0.15, 0.2) is 6.20 Å². The van der Waals surface area contributed by atoms with Gasteiger partial charge in [-0.2, -0.15) is 0 Å². The smallest absolute Gasteiger partial charge is 0.0964 e. The van der Waals surface area contributed by atoms with E-state index in [4.69, 9.17) is 0 Å². The molecule has 0 bridgehead atoms. The molecule has 16 heavy (non-hydrogen) atoms. The van der Waals surface area contributed by atoms with Gasteiger partial charge in [0.2, 0.25) is 0 Å². The van der Waals surface area contributed by atoms with Crippen LogP contribution in [-0.4, -0.2) is 21.5 Å². The van der Waals surface area contributed by atoms with Gasteiger partial charge in [0.05, 0.1) is 5.69 Å². The average Bonchev–Trinajstić information content (AvgIpc) is 2.67. The molecule has 0 aromatic carbocycles. The standard InChI is InChI=1S/C12H22N4/c1-10-5-3-4-6-11(10)7-13-8-12-9-16(2)15-14-12/h9-11,13H,3-8H2,1-2H3. The van der Waals surface area contributed by atoms with Crippen LogP contribution in [0, 0.1) is 11.8 Å². The van der Waals surface area contributed by atoms with Crippen LogP contribution >= 0.6 is 0 Å². The Morgan fingerprint density at radius 1 is 1.44 bits per heavy atom. The maximum absolute atomic E-state index is 4.07. The first-order valence-corrected chi connectivity index (χ1v) is 6.31. The van der Waals surface area contributed by atoms with Crippen LogP contribution in [0.1, 0.15) is 38.3 Å². The highest BCUT2D eigenvalue weighted by Crippen LogP contribution is 2.28. The van der Waals surface area contributed by atoms with E-state index in [2.05, 4.69) is 22.6 Å². The first kappa shape index (κ1) is 11.6. The van der Waals surface area contributed by atoms with Crippen molar-refractivity contribution in [1.82, 2.24) is 20.3 Å².